The van der Waals surface area contributed by atoms with E-state index in [2.05, 4.69) is 15.9 Å². The van der Waals surface area contributed by atoms with E-state index in [1.165, 1.54) is 29.0 Å². The molecular formula is C14H11BrFN3O. The third kappa shape index (κ3) is 2.58. The SMILES string of the molecule is Cc1c(N)cn(Cc2ccc(F)c(C#N)c2)c(=O)c1Br. The quantitative estimate of drug-likeness (QED) is 0.916. The number of nitriles is 1. The summed E-state index contributed by atoms with van der Waals surface area (Å²) in [4.78, 5) is 12.1. The highest BCUT2D eigenvalue weighted by Crippen LogP contribution is 2.18. The summed E-state index contributed by atoms with van der Waals surface area (Å²) in [5, 5.41) is 8.80. The molecule has 102 valence electrons. The van der Waals surface area contributed by atoms with E-state index < -0.39 is 5.82 Å². The number of aromatic nitrogens is 1. The van der Waals surface area contributed by atoms with Crippen LogP contribution in [0.15, 0.2) is 33.7 Å². The second-order valence-electron chi connectivity index (χ2n) is 4.38. The van der Waals surface area contributed by atoms with Gasteiger partial charge in [0.25, 0.3) is 5.56 Å². The lowest BCUT2D eigenvalue weighted by molar-refractivity contribution is 0.622. The molecular weight excluding hydrogens is 325 g/mol. The minimum atomic E-state index is -0.576. The Hall–Kier alpha value is -2.13. The van der Waals surface area contributed by atoms with Crippen LogP contribution in [-0.4, -0.2) is 4.57 Å². The van der Waals surface area contributed by atoms with Gasteiger partial charge in [-0.2, -0.15) is 5.26 Å². The largest absolute Gasteiger partial charge is 0.397 e. The molecule has 1 heterocycles. The summed E-state index contributed by atoms with van der Waals surface area (Å²) in [5.74, 6) is -0.576. The van der Waals surface area contributed by atoms with E-state index >= 15 is 0 Å². The monoisotopic (exact) mass is 335 g/mol. The van der Waals surface area contributed by atoms with Crippen molar-refractivity contribution in [2.75, 3.05) is 5.73 Å². The molecule has 0 radical (unpaired) electrons. The van der Waals surface area contributed by atoms with Crippen molar-refractivity contribution in [3.8, 4) is 6.07 Å². The molecule has 0 fully saturated rings. The molecule has 0 aliphatic rings. The molecule has 20 heavy (non-hydrogen) atoms. The van der Waals surface area contributed by atoms with Gasteiger partial charge in [0.1, 0.15) is 11.9 Å². The summed E-state index contributed by atoms with van der Waals surface area (Å²) >= 11 is 3.21. The Kier molecular flexibility index (Phi) is 3.91. The molecule has 0 saturated carbocycles. The van der Waals surface area contributed by atoms with Gasteiger partial charge in [-0.25, -0.2) is 4.39 Å². The van der Waals surface area contributed by atoms with Gasteiger partial charge >= 0.3 is 0 Å². The van der Waals surface area contributed by atoms with Crippen LogP contribution in [0.25, 0.3) is 0 Å². The minimum absolute atomic E-state index is 0.0466. The Bertz CT molecular complexity index is 777. The maximum Gasteiger partial charge on any atom is 0.265 e. The Morgan fingerprint density at radius 3 is 2.85 bits per heavy atom. The first kappa shape index (κ1) is 14.3. The van der Waals surface area contributed by atoms with E-state index in [1.807, 2.05) is 0 Å². The number of nitrogen functional groups attached to an aromatic ring is 1. The lowest BCUT2D eigenvalue weighted by atomic mass is 10.1. The minimum Gasteiger partial charge on any atom is -0.397 e. The molecule has 0 atom stereocenters. The van der Waals surface area contributed by atoms with Crippen LogP contribution in [0.2, 0.25) is 0 Å². The maximum absolute atomic E-state index is 13.3. The zero-order chi connectivity index (χ0) is 14.9. The first-order valence-electron chi connectivity index (χ1n) is 5.77. The standard InChI is InChI=1S/C14H11BrFN3O/c1-8-12(18)7-19(14(20)13(8)15)6-9-2-3-11(16)10(4-9)5-17/h2-4,7H,6,18H2,1H3. The fraction of sp³-hybridized carbons (Fsp3) is 0.143. The van der Waals surface area contributed by atoms with Crippen molar-refractivity contribution in [3.63, 3.8) is 0 Å². The summed E-state index contributed by atoms with van der Waals surface area (Å²) in [6, 6.07) is 5.94. The zero-order valence-corrected chi connectivity index (χ0v) is 12.2. The highest BCUT2D eigenvalue weighted by atomic mass is 79.9. The van der Waals surface area contributed by atoms with Gasteiger partial charge in [-0.3, -0.25) is 4.79 Å². The van der Waals surface area contributed by atoms with Crippen LogP contribution in [0.3, 0.4) is 0 Å². The fourth-order valence-corrected chi connectivity index (χ4v) is 2.26. The lowest BCUT2D eigenvalue weighted by Gasteiger charge is -2.10. The number of nitrogens with two attached hydrogens (primary N) is 1. The summed E-state index contributed by atoms with van der Waals surface area (Å²) in [5.41, 5.74) is 7.37. The molecule has 2 aromatic rings. The first-order valence-corrected chi connectivity index (χ1v) is 6.57. The van der Waals surface area contributed by atoms with Gasteiger partial charge in [0.05, 0.1) is 22.3 Å². The summed E-state index contributed by atoms with van der Waals surface area (Å²) in [6.07, 6.45) is 1.54. The van der Waals surface area contributed by atoms with Gasteiger partial charge < -0.3 is 10.3 Å². The Labute approximate surface area is 123 Å². The third-order valence-electron chi connectivity index (χ3n) is 3.01. The average molecular weight is 336 g/mol. The van der Waals surface area contributed by atoms with Crippen molar-refractivity contribution in [2.24, 2.45) is 0 Å². The van der Waals surface area contributed by atoms with Crippen LogP contribution >= 0.6 is 15.9 Å². The molecule has 0 spiro atoms. The Balaban J connectivity index is 2.46. The van der Waals surface area contributed by atoms with Crippen LogP contribution in [0, 0.1) is 24.1 Å². The maximum atomic E-state index is 13.3. The normalized spacial score (nSPS) is 10.3. The van der Waals surface area contributed by atoms with Gasteiger partial charge in [-0.1, -0.05) is 6.07 Å². The van der Waals surface area contributed by atoms with Crippen molar-refractivity contribution in [1.29, 1.82) is 5.26 Å². The van der Waals surface area contributed by atoms with E-state index in [1.54, 1.807) is 13.0 Å². The lowest BCUT2D eigenvalue weighted by Crippen LogP contribution is -2.22. The second kappa shape index (κ2) is 5.47. The molecule has 1 aromatic carbocycles. The molecule has 6 heteroatoms. The molecule has 0 aliphatic carbocycles. The number of benzene rings is 1. The highest BCUT2D eigenvalue weighted by molar-refractivity contribution is 9.10. The molecule has 2 rings (SSSR count). The number of hydrogen-bond donors (Lipinski definition) is 1. The Morgan fingerprint density at radius 2 is 2.20 bits per heavy atom. The number of nitrogens with zero attached hydrogens (tertiary/aromatic N) is 2. The molecule has 1 aromatic heterocycles. The summed E-state index contributed by atoms with van der Waals surface area (Å²) in [7, 11) is 0. The molecule has 0 bridgehead atoms. The van der Waals surface area contributed by atoms with Crippen molar-refractivity contribution in [3.05, 3.63) is 61.7 Å². The van der Waals surface area contributed by atoms with E-state index in [4.69, 9.17) is 11.0 Å². The number of halogens is 2. The summed E-state index contributed by atoms with van der Waals surface area (Å²) in [6.45, 7) is 1.97. The first-order chi connectivity index (χ1) is 9.43. The van der Waals surface area contributed by atoms with Crippen LogP contribution in [0.5, 0.6) is 0 Å². The smallest absolute Gasteiger partial charge is 0.265 e. The number of hydrogen-bond acceptors (Lipinski definition) is 3. The number of pyridine rings is 1. The second-order valence-corrected chi connectivity index (χ2v) is 5.18. The van der Waals surface area contributed by atoms with Crippen LogP contribution in [-0.2, 0) is 6.54 Å². The van der Waals surface area contributed by atoms with Crippen LogP contribution in [0.4, 0.5) is 10.1 Å². The van der Waals surface area contributed by atoms with E-state index in [0.717, 1.165) is 0 Å². The predicted molar refractivity (Wildman–Crippen MR) is 77.8 cm³/mol. The van der Waals surface area contributed by atoms with Crippen molar-refractivity contribution in [1.82, 2.24) is 4.57 Å². The third-order valence-corrected chi connectivity index (χ3v) is 3.94. The molecule has 0 saturated heterocycles. The Morgan fingerprint density at radius 1 is 1.50 bits per heavy atom. The molecule has 4 nitrogen and oxygen atoms in total. The van der Waals surface area contributed by atoms with Gasteiger partial charge in [0, 0.05) is 6.20 Å². The van der Waals surface area contributed by atoms with Crippen molar-refractivity contribution < 1.29 is 4.39 Å². The topological polar surface area (TPSA) is 71.8 Å². The van der Waals surface area contributed by atoms with Crippen LogP contribution in [0.1, 0.15) is 16.7 Å². The van der Waals surface area contributed by atoms with E-state index in [0.29, 0.717) is 21.3 Å². The van der Waals surface area contributed by atoms with Crippen molar-refractivity contribution in [2.45, 2.75) is 13.5 Å². The predicted octanol–water partition coefficient (Wildman–Crippen LogP) is 2.56. The molecule has 0 unspecified atom stereocenters. The van der Waals surface area contributed by atoms with E-state index in [9.17, 15) is 9.18 Å². The average Bonchev–Trinajstić information content (AvgIpc) is 2.44. The molecule has 2 N–H and O–H groups in total. The highest BCUT2D eigenvalue weighted by Gasteiger charge is 2.10. The fourth-order valence-electron chi connectivity index (χ4n) is 1.81. The van der Waals surface area contributed by atoms with Gasteiger partial charge in [0.2, 0.25) is 0 Å². The van der Waals surface area contributed by atoms with Crippen LogP contribution < -0.4 is 11.3 Å². The van der Waals surface area contributed by atoms with Gasteiger partial charge in [-0.15, -0.1) is 0 Å². The molecule has 0 aliphatic heterocycles. The zero-order valence-electron chi connectivity index (χ0n) is 10.7. The van der Waals surface area contributed by atoms with Gasteiger partial charge in [-0.05, 0) is 46.1 Å². The molecule has 0 amide bonds. The van der Waals surface area contributed by atoms with E-state index in [-0.39, 0.29) is 17.7 Å². The number of anilines is 1. The summed E-state index contributed by atoms with van der Waals surface area (Å²) < 4.78 is 15.1. The van der Waals surface area contributed by atoms with Gasteiger partial charge in [0.15, 0.2) is 0 Å². The van der Waals surface area contributed by atoms with Crippen molar-refractivity contribution >= 4 is 21.6 Å². The number of rotatable bonds is 2.